The third-order valence-electron chi connectivity index (χ3n) is 5.68. The second kappa shape index (κ2) is 8.93. The summed E-state index contributed by atoms with van der Waals surface area (Å²) in [6.45, 7) is 2.49. The minimum absolute atomic E-state index is 0.0416. The van der Waals surface area contributed by atoms with Crippen LogP contribution in [0.5, 0.6) is 17.2 Å². The molecule has 0 aliphatic carbocycles. The normalized spacial score (nSPS) is 14.6. The van der Waals surface area contributed by atoms with Gasteiger partial charge in [-0.1, -0.05) is 12.1 Å². The van der Waals surface area contributed by atoms with Crippen LogP contribution in [-0.4, -0.2) is 48.4 Å². The zero-order valence-electron chi connectivity index (χ0n) is 17.9. The number of anilines is 2. The largest absolute Gasteiger partial charge is 0.507 e. The van der Waals surface area contributed by atoms with Crippen LogP contribution in [0.25, 0.3) is 11.1 Å². The molecule has 0 spiro atoms. The van der Waals surface area contributed by atoms with Gasteiger partial charge in [0, 0.05) is 24.4 Å². The van der Waals surface area contributed by atoms with E-state index < -0.39 is 11.9 Å². The highest BCUT2D eigenvalue weighted by molar-refractivity contribution is 6.10. The first-order chi connectivity index (χ1) is 16.5. The minimum Gasteiger partial charge on any atom is -0.507 e. The summed E-state index contributed by atoms with van der Waals surface area (Å²) in [7, 11) is 0. The maximum atomic E-state index is 13.1. The third-order valence-corrected chi connectivity index (χ3v) is 5.68. The van der Waals surface area contributed by atoms with Gasteiger partial charge >= 0.3 is 5.97 Å². The molecule has 1 fully saturated rings. The average Bonchev–Trinajstić information content (AvgIpc) is 3.32. The molecule has 34 heavy (non-hydrogen) atoms. The van der Waals surface area contributed by atoms with Crippen LogP contribution in [0.2, 0.25) is 0 Å². The number of hydrogen-bond acceptors (Lipinski definition) is 8. The Hall–Kier alpha value is -4.28. The molecule has 10 heteroatoms. The van der Waals surface area contributed by atoms with Gasteiger partial charge < -0.3 is 34.8 Å². The number of aromatic carboxylic acids is 1. The van der Waals surface area contributed by atoms with Crippen LogP contribution < -0.4 is 25.5 Å². The standard InChI is InChI=1S/C24H21N3O7/c28-20-5-3-16(27-7-9-32-10-8-27)13-18(20)23(29)25-19-11-14(1-4-17(19)24(30)31)15-2-6-21-22(12-15)34-26-33-21/h1-6,11-13,26,28H,7-10H2,(H,25,29)(H,30,31). The number of phenolic OH excluding ortho intramolecular Hbond substituents is 1. The molecule has 0 saturated carbocycles. The van der Waals surface area contributed by atoms with Gasteiger partial charge in [0.15, 0.2) is 11.5 Å². The van der Waals surface area contributed by atoms with E-state index in [2.05, 4.69) is 15.9 Å². The number of carbonyl (C=O) groups is 2. The van der Waals surface area contributed by atoms with Gasteiger partial charge in [0.25, 0.3) is 5.91 Å². The van der Waals surface area contributed by atoms with Crippen LogP contribution in [0, 0.1) is 0 Å². The Morgan fingerprint density at radius 2 is 1.62 bits per heavy atom. The highest BCUT2D eigenvalue weighted by Crippen LogP contribution is 2.36. The number of carboxylic acids is 1. The summed E-state index contributed by atoms with van der Waals surface area (Å²) in [6.07, 6.45) is 0. The molecule has 0 radical (unpaired) electrons. The van der Waals surface area contributed by atoms with E-state index in [0.717, 1.165) is 11.3 Å². The molecule has 3 aromatic carbocycles. The van der Waals surface area contributed by atoms with E-state index >= 15 is 0 Å². The number of fused-ring (bicyclic) bond motifs is 1. The smallest absolute Gasteiger partial charge is 0.337 e. The van der Waals surface area contributed by atoms with Crippen molar-refractivity contribution in [3.63, 3.8) is 0 Å². The molecular formula is C24H21N3O7. The number of nitrogens with zero attached hydrogens (tertiary/aromatic N) is 1. The first-order valence-corrected chi connectivity index (χ1v) is 10.6. The van der Waals surface area contributed by atoms with Gasteiger partial charge in [0.1, 0.15) is 5.75 Å². The Bertz CT molecular complexity index is 1270. The maximum Gasteiger partial charge on any atom is 0.337 e. The van der Waals surface area contributed by atoms with Crippen molar-refractivity contribution in [2.45, 2.75) is 0 Å². The number of nitrogens with one attached hydrogen (secondary N) is 2. The summed E-state index contributed by atoms with van der Waals surface area (Å²) in [5.74, 6) is -1.01. The number of carbonyl (C=O) groups excluding carboxylic acids is 1. The van der Waals surface area contributed by atoms with Crippen molar-refractivity contribution in [3.05, 3.63) is 65.7 Å². The SMILES string of the molecule is O=C(Nc1cc(-c2ccc3c(c2)ONO3)ccc1C(=O)O)c1cc(N2CCOCC2)ccc1O. The number of phenols is 1. The number of benzene rings is 3. The molecule has 174 valence electrons. The first kappa shape index (κ1) is 21.6. The highest BCUT2D eigenvalue weighted by Gasteiger charge is 2.20. The molecule has 0 aromatic heterocycles. The van der Waals surface area contributed by atoms with Gasteiger partial charge in [-0.15, -0.1) is 0 Å². The quantitative estimate of drug-likeness (QED) is 0.451. The Balaban J connectivity index is 1.46. The lowest BCUT2D eigenvalue weighted by molar-refractivity contribution is 0.0260. The summed E-state index contributed by atoms with van der Waals surface area (Å²) in [4.78, 5) is 37.2. The zero-order valence-corrected chi connectivity index (χ0v) is 17.9. The van der Waals surface area contributed by atoms with E-state index in [4.69, 9.17) is 14.4 Å². The number of aromatic hydroxyl groups is 1. The third kappa shape index (κ3) is 4.19. The lowest BCUT2D eigenvalue weighted by atomic mass is 10.0. The Labute approximate surface area is 194 Å². The van der Waals surface area contributed by atoms with Crippen molar-refractivity contribution in [1.82, 2.24) is 5.64 Å². The van der Waals surface area contributed by atoms with Gasteiger partial charge in [-0.2, -0.15) is 0 Å². The van der Waals surface area contributed by atoms with Crippen LogP contribution in [0.3, 0.4) is 0 Å². The predicted molar refractivity (Wildman–Crippen MR) is 122 cm³/mol. The van der Waals surface area contributed by atoms with Crippen molar-refractivity contribution in [3.8, 4) is 28.4 Å². The van der Waals surface area contributed by atoms with Gasteiger partial charge in [-0.25, -0.2) is 4.79 Å². The van der Waals surface area contributed by atoms with Crippen LogP contribution >= 0.6 is 0 Å². The van der Waals surface area contributed by atoms with Crippen molar-refractivity contribution < 1.29 is 34.2 Å². The number of carboxylic acid groups (broad SMARTS) is 1. The lowest BCUT2D eigenvalue weighted by Crippen LogP contribution is -2.36. The molecule has 5 rings (SSSR count). The summed E-state index contributed by atoms with van der Waals surface area (Å²) in [5.41, 5.74) is 4.53. The number of morpholine rings is 1. The van der Waals surface area contributed by atoms with E-state index in [9.17, 15) is 19.8 Å². The monoisotopic (exact) mass is 463 g/mol. The Morgan fingerprint density at radius 1 is 0.882 bits per heavy atom. The molecule has 0 atom stereocenters. The predicted octanol–water partition coefficient (Wildman–Crippen LogP) is 3.04. The van der Waals surface area contributed by atoms with E-state index in [1.165, 1.54) is 12.1 Å². The van der Waals surface area contributed by atoms with Crippen LogP contribution in [0.15, 0.2) is 54.6 Å². The zero-order chi connectivity index (χ0) is 23.7. The van der Waals surface area contributed by atoms with E-state index in [0.29, 0.717) is 43.4 Å². The van der Waals surface area contributed by atoms with Crippen LogP contribution in [0.4, 0.5) is 11.4 Å². The molecule has 2 aliphatic heterocycles. The van der Waals surface area contributed by atoms with Crippen molar-refractivity contribution in [1.29, 1.82) is 0 Å². The van der Waals surface area contributed by atoms with Crippen LogP contribution in [-0.2, 0) is 4.74 Å². The first-order valence-electron chi connectivity index (χ1n) is 10.6. The van der Waals surface area contributed by atoms with Crippen LogP contribution in [0.1, 0.15) is 20.7 Å². The van der Waals surface area contributed by atoms with E-state index in [1.54, 1.807) is 42.5 Å². The molecular weight excluding hydrogens is 442 g/mol. The fourth-order valence-corrected chi connectivity index (χ4v) is 3.89. The summed E-state index contributed by atoms with van der Waals surface area (Å²) < 4.78 is 5.37. The number of hydrogen-bond donors (Lipinski definition) is 4. The van der Waals surface area contributed by atoms with E-state index in [-0.39, 0.29) is 22.6 Å². The topological polar surface area (TPSA) is 130 Å². The van der Waals surface area contributed by atoms with Gasteiger partial charge in [-0.05, 0) is 53.6 Å². The molecule has 2 aliphatic rings. The molecule has 10 nitrogen and oxygen atoms in total. The van der Waals surface area contributed by atoms with Crippen molar-refractivity contribution in [2.75, 3.05) is 36.5 Å². The lowest BCUT2D eigenvalue weighted by Gasteiger charge is -2.29. The molecule has 1 amide bonds. The maximum absolute atomic E-state index is 13.1. The fraction of sp³-hybridized carbons (Fsp3) is 0.167. The van der Waals surface area contributed by atoms with Gasteiger partial charge in [0.05, 0.1) is 30.0 Å². The minimum atomic E-state index is -1.19. The van der Waals surface area contributed by atoms with Crippen molar-refractivity contribution in [2.24, 2.45) is 0 Å². The highest BCUT2D eigenvalue weighted by atomic mass is 16.9. The molecule has 4 N–H and O–H groups in total. The van der Waals surface area contributed by atoms with Gasteiger partial charge in [0.2, 0.25) is 0 Å². The molecule has 0 bridgehead atoms. The summed E-state index contributed by atoms with van der Waals surface area (Å²) in [6, 6.07) is 14.6. The Kier molecular flexibility index (Phi) is 5.66. The van der Waals surface area contributed by atoms with Crippen molar-refractivity contribution >= 4 is 23.3 Å². The van der Waals surface area contributed by atoms with Gasteiger partial charge in [-0.3, -0.25) is 4.79 Å². The molecule has 0 unspecified atom stereocenters. The fourth-order valence-electron chi connectivity index (χ4n) is 3.89. The summed E-state index contributed by atoms with van der Waals surface area (Å²) >= 11 is 0. The van der Waals surface area contributed by atoms with E-state index in [1.807, 2.05) is 0 Å². The molecule has 2 heterocycles. The number of ether oxygens (including phenoxy) is 1. The summed E-state index contributed by atoms with van der Waals surface area (Å²) in [5, 5.41) is 22.6. The second-order valence-corrected chi connectivity index (χ2v) is 7.77. The molecule has 3 aromatic rings. The number of amides is 1. The second-order valence-electron chi connectivity index (χ2n) is 7.77. The Morgan fingerprint density at radius 3 is 2.41 bits per heavy atom. The average molecular weight is 463 g/mol. The number of rotatable bonds is 5. The molecule has 1 saturated heterocycles.